The molecule has 4 rings (SSSR count). The van der Waals surface area contributed by atoms with Crippen molar-refractivity contribution in [3.05, 3.63) is 83.9 Å². The second kappa shape index (κ2) is 7.03. The monoisotopic (exact) mass is 361 g/mol. The summed E-state index contributed by atoms with van der Waals surface area (Å²) in [7, 11) is 3.26. The highest BCUT2D eigenvalue weighted by molar-refractivity contribution is 5.94. The Kier molecular flexibility index (Phi) is 4.42. The number of cyclic esters (lactones) is 1. The number of esters is 1. The van der Waals surface area contributed by atoms with Crippen LogP contribution in [0, 0.1) is 0 Å². The molecular weight excluding hydrogens is 342 g/mol. The number of carbonyl (C=O) groups is 1. The molecule has 1 atom stereocenters. The van der Waals surface area contributed by atoms with Gasteiger partial charge in [0.2, 0.25) is 6.23 Å². The largest absolute Gasteiger partial charge is 0.497 e. The molecule has 0 spiro atoms. The van der Waals surface area contributed by atoms with Crippen molar-refractivity contribution in [1.82, 2.24) is 0 Å². The molecule has 0 N–H and O–H groups in total. The third kappa shape index (κ3) is 3.08. The summed E-state index contributed by atoms with van der Waals surface area (Å²) in [6.07, 6.45) is -0.546. The van der Waals surface area contributed by atoms with E-state index in [0.29, 0.717) is 5.56 Å². The molecule has 0 aliphatic carbocycles. The first-order valence-corrected chi connectivity index (χ1v) is 8.58. The quantitative estimate of drug-likeness (QED) is 0.616. The topological polar surface area (TPSA) is 48.0 Å². The van der Waals surface area contributed by atoms with Gasteiger partial charge in [0.25, 0.3) is 0 Å². The average molecular weight is 361 g/mol. The first-order chi connectivity index (χ1) is 13.2. The summed E-state index contributed by atoms with van der Waals surface area (Å²) in [5.74, 6) is 1.21. The molecule has 1 aliphatic heterocycles. The summed E-state index contributed by atoms with van der Waals surface area (Å²) in [5, 5.41) is 0. The number of fused-ring (bicyclic) bond motifs is 1. The van der Waals surface area contributed by atoms with Crippen molar-refractivity contribution in [2.45, 2.75) is 6.23 Å². The molecule has 0 radical (unpaired) electrons. The molecule has 5 heteroatoms. The highest BCUT2D eigenvalue weighted by Gasteiger charge is 2.36. The number of anilines is 2. The molecule has 3 aromatic rings. The van der Waals surface area contributed by atoms with Crippen LogP contribution in [0.2, 0.25) is 0 Å². The van der Waals surface area contributed by atoms with Gasteiger partial charge in [-0.15, -0.1) is 0 Å². The van der Waals surface area contributed by atoms with Gasteiger partial charge in [-0.1, -0.05) is 18.2 Å². The number of ether oxygens (including phenoxy) is 3. The van der Waals surface area contributed by atoms with Crippen molar-refractivity contribution in [1.29, 1.82) is 0 Å². The first-order valence-electron chi connectivity index (χ1n) is 8.58. The number of hydrogen-bond acceptors (Lipinski definition) is 5. The number of carbonyl (C=O) groups excluding carboxylic acids is 1. The molecule has 0 saturated heterocycles. The van der Waals surface area contributed by atoms with Crippen LogP contribution in [0.25, 0.3) is 0 Å². The van der Waals surface area contributed by atoms with Crippen LogP contribution in [0.5, 0.6) is 11.5 Å². The van der Waals surface area contributed by atoms with Crippen molar-refractivity contribution in [3.8, 4) is 11.5 Å². The van der Waals surface area contributed by atoms with Gasteiger partial charge in [-0.05, 0) is 54.6 Å². The van der Waals surface area contributed by atoms with E-state index in [-0.39, 0.29) is 5.97 Å². The van der Waals surface area contributed by atoms with E-state index in [0.717, 1.165) is 28.4 Å². The third-order valence-corrected chi connectivity index (χ3v) is 4.60. The molecule has 27 heavy (non-hydrogen) atoms. The van der Waals surface area contributed by atoms with Crippen LogP contribution in [0.3, 0.4) is 0 Å². The number of rotatable bonds is 5. The van der Waals surface area contributed by atoms with Gasteiger partial charge >= 0.3 is 5.97 Å². The number of methoxy groups -OCH3 is 2. The molecule has 0 amide bonds. The molecule has 136 valence electrons. The lowest BCUT2D eigenvalue weighted by molar-refractivity contribution is 0.0399. The highest BCUT2D eigenvalue weighted by atomic mass is 16.6. The van der Waals surface area contributed by atoms with Gasteiger partial charge in [0.05, 0.1) is 19.8 Å². The van der Waals surface area contributed by atoms with Gasteiger partial charge in [-0.3, -0.25) is 0 Å². The lowest BCUT2D eigenvalue weighted by Crippen LogP contribution is -2.23. The minimum atomic E-state index is -0.546. The Morgan fingerprint density at radius 3 is 1.81 bits per heavy atom. The molecular formula is C22H19NO4. The molecule has 0 aromatic heterocycles. The maximum absolute atomic E-state index is 12.4. The predicted molar refractivity (Wildman–Crippen MR) is 103 cm³/mol. The summed E-state index contributed by atoms with van der Waals surface area (Å²) >= 11 is 0. The number of benzene rings is 3. The fourth-order valence-corrected chi connectivity index (χ4v) is 3.22. The lowest BCUT2D eigenvalue weighted by Gasteiger charge is -2.30. The van der Waals surface area contributed by atoms with Crippen molar-refractivity contribution in [2.75, 3.05) is 19.1 Å². The Balaban J connectivity index is 1.81. The molecule has 1 unspecified atom stereocenters. The minimum Gasteiger partial charge on any atom is -0.497 e. The zero-order chi connectivity index (χ0) is 18.8. The highest BCUT2D eigenvalue weighted by Crippen LogP contribution is 2.41. The normalized spacial score (nSPS) is 15.0. The van der Waals surface area contributed by atoms with Crippen LogP contribution in [0.1, 0.15) is 22.1 Å². The van der Waals surface area contributed by atoms with Gasteiger partial charge in [-0.25, -0.2) is 4.79 Å². The molecule has 0 saturated carbocycles. The Hall–Kier alpha value is -3.47. The van der Waals surface area contributed by atoms with Gasteiger partial charge in [0.15, 0.2) is 0 Å². The average Bonchev–Trinajstić information content (AvgIpc) is 3.06. The summed E-state index contributed by atoms with van der Waals surface area (Å²) in [4.78, 5) is 14.3. The Morgan fingerprint density at radius 1 is 0.778 bits per heavy atom. The van der Waals surface area contributed by atoms with E-state index in [4.69, 9.17) is 14.2 Å². The van der Waals surface area contributed by atoms with Crippen molar-refractivity contribution >= 4 is 17.3 Å². The summed E-state index contributed by atoms with van der Waals surface area (Å²) in [5.41, 5.74) is 3.20. The SMILES string of the molecule is COc1ccc(N(c2ccc(OC)cc2)C2OC(=O)c3ccccc32)cc1. The van der Waals surface area contributed by atoms with Crippen LogP contribution in [-0.4, -0.2) is 20.2 Å². The van der Waals surface area contributed by atoms with E-state index in [9.17, 15) is 4.79 Å². The molecule has 0 fully saturated rings. The van der Waals surface area contributed by atoms with Crippen LogP contribution < -0.4 is 14.4 Å². The van der Waals surface area contributed by atoms with E-state index < -0.39 is 6.23 Å². The van der Waals surface area contributed by atoms with Gasteiger partial charge in [0, 0.05) is 16.9 Å². The Labute approximate surface area is 157 Å². The molecule has 5 nitrogen and oxygen atoms in total. The lowest BCUT2D eigenvalue weighted by atomic mass is 10.1. The molecule has 1 heterocycles. The van der Waals surface area contributed by atoms with Gasteiger partial charge < -0.3 is 19.1 Å². The summed E-state index contributed by atoms with van der Waals surface area (Å²) in [6, 6.07) is 22.8. The standard InChI is InChI=1S/C22H19NO4/c1-25-17-11-7-15(8-12-17)23(16-9-13-18(26-2)14-10-16)21-19-5-3-4-6-20(19)22(24)27-21/h3-14,21H,1-2H3. The van der Waals surface area contributed by atoms with E-state index in [1.54, 1.807) is 20.3 Å². The maximum atomic E-state index is 12.4. The van der Waals surface area contributed by atoms with E-state index in [1.807, 2.05) is 71.6 Å². The van der Waals surface area contributed by atoms with Crippen molar-refractivity contribution in [2.24, 2.45) is 0 Å². The molecule has 0 bridgehead atoms. The van der Waals surface area contributed by atoms with Crippen molar-refractivity contribution in [3.63, 3.8) is 0 Å². The maximum Gasteiger partial charge on any atom is 0.340 e. The Morgan fingerprint density at radius 2 is 1.30 bits per heavy atom. The van der Waals surface area contributed by atoms with Gasteiger partial charge in [-0.2, -0.15) is 0 Å². The van der Waals surface area contributed by atoms with Crippen LogP contribution >= 0.6 is 0 Å². The third-order valence-electron chi connectivity index (χ3n) is 4.60. The summed E-state index contributed by atoms with van der Waals surface area (Å²) in [6.45, 7) is 0. The Bertz CT molecular complexity index is 903. The zero-order valence-corrected chi connectivity index (χ0v) is 15.1. The fourth-order valence-electron chi connectivity index (χ4n) is 3.22. The van der Waals surface area contributed by atoms with Gasteiger partial charge in [0.1, 0.15) is 11.5 Å². The molecule has 3 aromatic carbocycles. The van der Waals surface area contributed by atoms with Crippen molar-refractivity contribution < 1.29 is 19.0 Å². The summed E-state index contributed by atoms with van der Waals surface area (Å²) < 4.78 is 16.3. The van der Waals surface area contributed by atoms with Crippen LogP contribution in [0.4, 0.5) is 11.4 Å². The smallest absolute Gasteiger partial charge is 0.340 e. The zero-order valence-electron chi connectivity index (χ0n) is 15.1. The van der Waals surface area contributed by atoms with E-state index in [2.05, 4.69) is 0 Å². The van der Waals surface area contributed by atoms with Crippen LogP contribution in [-0.2, 0) is 4.74 Å². The van der Waals surface area contributed by atoms with E-state index in [1.165, 1.54) is 0 Å². The molecule has 1 aliphatic rings. The second-order valence-corrected chi connectivity index (χ2v) is 6.11. The fraction of sp³-hybridized carbons (Fsp3) is 0.136. The predicted octanol–water partition coefficient (Wildman–Crippen LogP) is 4.71. The number of nitrogens with zero attached hydrogens (tertiary/aromatic N) is 1. The van der Waals surface area contributed by atoms with E-state index >= 15 is 0 Å². The second-order valence-electron chi connectivity index (χ2n) is 6.11. The number of hydrogen-bond donors (Lipinski definition) is 0. The first kappa shape index (κ1) is 17.0. The van der Waals surface area contributed by atoms with Crippen LogP contribution in [0.15, 0.2) is 72.8 Å². The minimum absolute atomic E-state index is 0.317.